The summed E-state index contributed by atoms with van der Waals surface area (Å²) in [5, 5.41) is 9.49. The highest BCUT2D eigenvalue weighted by Gasteiger charge is 2.23. The summed E-state index contributed by atoms with van der Waals surface area (Å²) in [6.07, 6.45) is 2.44. The lowest BCUT2D eigenvalue weighted by atomic mass is 10.0. The second-order valence-corrected chi connectivity index (χ2v) is 6.69. The summed E-state index contributed by atoms with van der Waals surface area (Å²) in [7, 11) is 0. The van der Waals surface area contributed by atoms with E-state index in [-0.39, 0.29) is 0 Å². The number of nitrogen functional groups attached to an aromatic ring is 1. The summed E-state index contributed by atoms with van der Waals surface area (Å²) < 4.78 is 2.07. The molecule has 1 fully saturated rings. The van der Waals surface area contributed by atoms with Gasteiger partial charge in [-0.25, -0.2) is 0 Å². The third-order valence-electron chi connectivity index (χ3n) is 4.59. The van der Waals surface area contributed by atoms with E-state index in [1.54, 1.807) is 0 Å². The molecular weight excluding hydrogens is 284 g/mol. The molecule has 0 spiro atoms. The highest BCUT2D eigenvalue weighted by atomic mass is 15.3. The average molecular weight is 308 g/mol. The first-order chi connectivity index (χ1) is 11.1. The molecule has 120 valence electrons. The lowest BCUT2D eigenvalue weighted by molar-refractivity contribution is 0.441. The molecule has 0 amide bonds. The van der Waals surface area contributed by atoms with Crippen molar-refractivity contribution in [1.29, 1.82) is 5.26 Å². The maximum absolute atomic E-state index is 9.49. The van der Waals surface area contributed by atoms with E-state index >= 15 is 0 Å². The van der Waals surface area contributed by atoms with E-state index in [0.717, 1.165) is 18.9 Å². The van der Waals surface area contributed by atoms with E-state index in [9.17, 15) is 5.26 Å². The minimum atomic E-state index is 0.636. The number of nitrogens with zero attached hydrogens (tertiary/aromatic N) is 3. The minimum Gasteiger partial charge on any atom is -0.396 e. The zero-order valence-corrected chi connectivity index (χ0v) is 13.9. The molecule has 0 aliphatic carbocycles. The Kier molecular flexibility index (Phi) is 4.29. The zero-order chi connectivity index (χ0) is 16.4. The van der Waals surface area contributed by atoms with Crippen LogP contribution in [0, 0.1) is 24.2 Å². The van der Waals surface area contributed by atoms with Crippen LogP contribution < -0.4 is 10.6 Å². The number of anilines is 2. The molecule has 1 aliphatic rings. The molecule has 3 rings (SSSR count). The van der Waals surface area contributed by atoms with Crippen molar-refractivity contribution in [1.82, 2.24) is 4.57 Å². The molecule has 1 aromatic carbocycles. The summed E-state index contributed by atoms with van der Waals surface area (Å²) in [4.78, 5) is 2.35. The number of nitriles is 1. The van der Waals surface area contributed by atoms with Gasteiger partial charge in [0.05, 0.1) is 12.2 Å². The highest BCUT2D eigenvalue weighted by molar-refractivity contribution is 5.68. The average Bonchev–Trinajstić information content (AvgIpc) is 2.83. The summed E-state index contributed by atoms with van der Waals surface area (Å²) in [5.41, 5.74) is 10.0. The smallest absolute Gasteiger partial charge is 0.133 e. The monoisotopic (exact) mass is 308 g/mol. The Morgan fingerprint density at radius 3 is 2.87 bits per heavy atom. The molecule has 0 radical (unpaired) electrons. The molecule has 2 aromatic rings. The van der Waals surface area contributed by atoms with Gasteiger partial charge in [0.25, 0.3) is 0 Å². The van der Waals surface area contributed by atoms with Gasteiger partial charge in [-0.2, -0.15) is 5.26 Å². The summed E-state index contributed by atoms with van der Waals surface area (Å²) in [6, 6.07) is 12.5. The molecule has 0 unspecified atom stereocenters. The normalized spacial score (nSPS) is 18.0. The van der Waals surface area contributed by atoms with Gasteiger partial charge in [0.15, 0.2) is 0 Å². The van der Waals surface area contributed by atoms with E-state index < -0.39 is 0 Å². The molecule has 1 aromatic heterocycles. The molecule has 1 aliphatic heterocycles. The molecule has 0 bridgehead atoms. The lowest BCUT2D eigenvalue weighted by Crippen LogP contribution is -2.36. The van der Waals surface area contributed by atoms with E-state index in [4.69, 9.17) is 5.73 Å². The fraction of sp³-hybridized carbons (Fsp3) is 0.421. The maximum Gasteiger partial charge on any atom is 0.133 e. The quantitative estimate of drug-likeness (QED) is 0.943. The lowest BCUT2D eigenvalue weighted by Gasteiger charge is -2.34. The Morgan fingerprint density at radius 1 is 1.35 bits per heavy atom. The fourth-order valence-electron chi connectivity index (χ4n) is 3.54. The number of piperidine rings is 1. The highest BCUT2D eigenvalue weighted by Crippen LogP contribution is 2.32. The van der Waals surface area contributed by atoms with Crippen molar-refractivity contribution in [2.75, 3.05) is 23.7 Å². The van der Waals surface area contributed by atoms with Gasteiger partial charge in [-0.3, -0.25) is 0 Å². The Hall–Kier alpha value is -2.41. The number of hydrogen-bond donors (Lipinski definition) is 1. The first-order valence-electron chi connectivity index (χ1n) is 8.28. The molecule has 23 heavy (non-hydrogen) atoms. The van der Waals surface area contributed by atoms with Crippen LogP contribution in [-0.4, -0.2) is 17.7 Å². The van der Waals surface area contributed by atoms with Crippen LogP contribution in [0.3, 0.4) is 0 Å². The number of aromatic nitrogens is 1. The number of rotatable bonds is 3. The Bertz CT molecular complexity index is 738. The molecule has 1 atom stereocenters. The number of hydrogen-bond acceptors (Lipinski definition) is 3. The standard InChI is InChI=1S/C19H24N4/c1-14-5-3-7-16(9-14)13-23-17(11-20)10-18(21)19(23)22-8-4-6-15(2)12-22/h3,5,7,9-10,15H,4,6,8,12-13,21H2,1-2H3/t15-/m1/s1. The van der Waals surface area contributed by atoms with Crippen molar-refractivity contribution >= 4 is 11.5 Å². The van der Waals surface area contributed by atoms with Gasteiger partial charge in [0, 0.05) is 13.1 Å². The van der Waals surface area contributed by atoms with Crippen molar-refractivity contribution in [3.05, 3.63) is 47.2 Å². The SMILES string of the molecule is Cc1cccc(Cn2c(C#N)cc(N)c2N2CCC[C@@H](C)C2)c1. The minimum absolute atomic E-state index is 0.636. The van der Waals surface area contributed by atoms with Crippen molar-refractivity contribution in [3.8, 4) is 6.07 Å². The van der Waals surface area contributed by atoms with Crippen LogP contribution in [0.1, 0.15) is 36.6 Å². The molecule has 4 nitrogen and oxygen atoms in total. The third kappa shape index (κ3) is 3.19. The second kappa shape index (κ2) is 6.37. The topological polar surface area (TPSA) is 58.0 Å². The maximum atomic E-state index is 9.49. The fourth-order valence-corrected chi connectivity index (χ4v) is 3.54. The van der Waals surface area contributed by atoms with Crippen LogP contribution in [0.4, 0.5) is 11.5 Å². The molecule has 1 saturated heterocycles. The summed E-state index contributed by atoms with van der Waals surface area (Å²) in [6.45, 7) is 7.07. The summed E-state index contributed by atoms with van der Waals surface area (Å²) in [5.74, 6) is 1.67. The molecular formula is C19H24N4. The van der Waals surface area contributed by atoms with Gasteiger partial charge in [-0.15, -0.1) is 0 Å². The van der Waals surface area contributed by atoms with Gasteiger partial charge < -0.3 is 15.2 Å². The molecule has 4 heteroatoms. The Morgan fingerprint density at radius 2 is 2.17 bits per heavy atom. The third-order valence-corrected chi connectivity index (χ3v) is 4.59. The van der Waals surface area contributed by atoms with Crippen LogP contribution >= 0.6 is 0 Å². The summed E-state index contributed by atoms with van der Waals surface area (Å²) >= 11 is 0. The number of nitrogens with two attached hydrogens (primary N) is 1. The van der Waals surface area contributed by atoms with Gasteiger partial charge in [0.1, 0.15) is 17.6 Å². The number of benzene rings is 1. The zero-order valence-electron chi connectivity index (χ0n) is 13.9. The van der Waals surface area contributed by atoms with Crippen LogP contribution in [-0.2, 0) is 6.54 Å². The van der Waals surface area contributed by atoms with E-state index in [1.165, 1.54) is 24.0 Å². The van der Waals surface area contributed by atoms with Gasteiger partial charge >= 0.3 is 0 Å². The van der Waals surface area contributed by atoms with Crippen molar-refractivity contribution in [3.63, 3.8) is 0 Å². The predicted octanol–water partition coefficient (Wildman–Crippen LogP) is 3.54. The van der Waals surface area contributed by atoms with Crippen LogP contribution in [0.2, 0.25) is 0 Å². The number of aryl methyl sites for hydroxylation is 1. The van der Waals surface area contributed by atoms with E-state index in [2.05, 4.69) is 53.6 Å². The van der Waals surface area contributed by atoms with Crippen LogP contribution in [0.5, 0.6) is 0 Å². The van der Waals surface area contributed by atoms with Gasteiger partial charge in [0.2, 0.25) is 0 Å². The van der Waals surface area contributed by atoms with Crippen LogP contribution in [0.25, 0.3) is 0 Å². The van der Waals surface area contributed by atoms with Gasteiger partial charge in [-0.1, -0.05) is 36.8 Å². The van der Waals surface area contributed by atoms with Crippen molar-refractivity contribution in [2.45, 2.75) is 33.2 Å². The van der Waals surface area contributed by atoms with Gasteiger partial charge in [-0.05, 0) is 37.3 Å². The van der Waals surface area contributed by atoms with Crippen molar-refractivity contribution in [2.24, 2.45) is 5.92 Å². The Balaban J connectivity index is 1.99. The van der Waals surface area contributed by atoms with E-state index in [0.29, 0.717) is 23.8 Å². The van der Waals surface area contributed by atoms with Crippen molar-refractivity contribution < 1.29 is 0 Å². The first kappa shape index (κ1) is 15.5. The van der Waals surface area contributed by atoms with E-state index in [1.807, 2.05) is 6.07 Å². The van der Waals surface area contributed by atoms with Crippen LogP contribution in [0.15, 0.2) is 30.3 Å². The first-order valence-corrected chi connectivity index (χ1v) is 8.28. The molecule has 2 N–H and O–H groups in total. The largest absolute Gasteiger partial charge is 0.396 e. The second-order valence-electron chi connectivity index (χ2n) is 6.69. The Labute approximate surface area is 138 Å². The molecule has 2 heterocycles. The molecule has 0 saturated carbocycles. The predicted molar refractivity (Wildman–Crippen MR) is 94.5 cm³/mol.